The van der Waals surface area contributed by atoms with Crippen molar-refractivity contribution in [3.63, 3.8) is 0 Å². The number of ether oxygens (including phenoxy) is 1. The summed E-state index contributed by atoms with van der Waals surface area (Å²) in [5.41, 5.74) is 0.701. The molecule has 1 heterocycles. The molecule has 21 heavy (non-hydrogen) atoms. The minimum atomic E-state index is -0.445. The highest BCUT2D eigenvalue weighted by Crippen LogP contribution is 2.21. The summed E-state index contributed by atoms with van der Waals surface area (Å²) < 4.78 is 6.22. The van der Waals surface area contributed by atoms with Gasteiger partial charge >= 0.3 is 6.09 Å². The zero-order valence-corrected chi connectivity index (χ0v) is 14.2. The van der Waals surface area contributed by atoms with Crippen LogP contribution < -0.4 is 10.6 Å². The van der Waals surface area contributed by atoms with Gasteiger partial charge in [-0.1, -0.05) is 0 Å². The summed E-state index contributed by atoms with van der Waals surface area (Å²) in [5.74, 6) is 0. The highest BCUT2D eigenvalue weighted by molar-refractivity contribution is 9.10. The Labute approximate surface area is 134 Å². The number of halogens is 1. The van der Waals surface area contributed by atoms with Crippen LogP contribution in [-0.4, -0.2) is 28.8 Å². The summed E-state index contributed by atoms with van der Waals surface area (Å²) in [6, 6.07) is 2.69. The molecule has 1 aromatic heterocycles. The summed E-state index contributed by atoms with van der Waals surface area (Å²) in [7, 11) is 0. The monoisotopic (exact) mass is 355 g/mol. The highest BCUT2D eigenvalue weighted by Gasteiger charge is 2.31. The van der Waals surface area contributed by atoms with Crippen LogP contribution in [0.1, 0.15) is 39.2 Å². The number of carbonyl (C=O) groups is 1. The van der Waals surface area contributed by atoms with Crippen LogP contribution >= 0.6 is 15.9 Å². The van der Waals surface area contributed by atoms with Gasteiger partial charge in [0.2, 0.25) is 0 Å². The lowest BCUT2D eigenvalue weighted by molar-refractivity contribution is 0.0465. The lowest BCUT2D eigenvalue weighted by Crippen LogP contribution is -2.52. The number of rotatable bonds is 4. The molecule has 0 atom stereocenters. The quantitative estimate of drug-likeness (QED) is 0.871. The number of amides is 1. The van der Waals surface area contributed by atoms with E-state index in [-0.39, 0.29) is 12.1 Å². The molecular formula is C15H22BrN3O2. The maximum Gasteiger partial charge on any atom is 0.407 e. The van der Waals surface area contributed by atoms with Crippen LogP contribution in [0.5, 0.6) is 0 Å². The molecule has 0 saturated heterocycles. The predicted octanol–water partition coefficient (Wildman–Crippen LogP) is 2.99. The molecule has 6 heteroatoms. The zero-order valence-electron chi connectivity index (χ0n) is 12.6. The lowest BCUT2D eigenvalue weighted by Gasteiger charge is -2.36. The van der Waals surface area contributed by atoms with Crippen molar-refractivity contribution >= 4 is 22.0 Å². The van der Waals surface area contributed by atoms with E-state index in [1.54, 1.807) is 6.20 Å². The Bertz CT molecular complexity index is 496. The maximum atomic E-state index is 11.6. The zero-order chi connectivity index (χ0) is 15.5. The van der Waals surface area contributed by atoms with Gasteiger partial charge in [0.25, 0.3) is 0 Å². The van der Waals surface area contributed by atoms with Crippen molar-refractivity contribution in [2.45, 2.75) is 57.8 Å². The number of carbonyl (C=O) groups excluding carboxylic acids is 1. The smallest absolute Gasteiger partial charge is 0.407 e. The predicted molar refractivity (Wildman–Crippen MR) is 85.0 cm³/mol. The van der Waals surface area contributed by atoms with Crippen molar-refractivity contribution < 1.29 is 9.53 Å². The average Bonchev–Trinajstić information content (AvgIpc) is 2.29. The van der Waals surface area contributed by atoms with Gasteiger partial charge in [-0.25, -0.2) is 4.79 Å². The van der Waals surface area contributed by atoms with E-state index in [1.807, 2.05) is 27.0 Å². The van der Waals surface area contributed by atoms with Gasteiger partial charge in [0.15, 0.2) is 0 Å². The molecular weight excluding hydrogens is 334 g/mol. The Morgan fingerprint density at radius 2 is 2.10 bits per heavy atom. The number of pyridine rings is 1. The van der Waals surface area contributed by atoms with Crippen LogP contribution in [0, 0.1) is 0 Å². The van der Waals surface area contributed by atoms with E-state index in [1.165, 1.54) is 0 Å². The van der Waals surface area contributed by atoms with Gasteiger partial charge in [-0.2, -0.15) is 0 Å². The van der Waals surface area contributed by atoms with E-state index in [9.17, 15) is 4.79 Å². The molecule has 0 bridgehead atoms. The Hall–Kier alpha value is -1.14. The lowest BCUT2D eigenvalue weighted by atomic mass is 9.87. The molecule has 116 valence electrons. The van der Waals surface area contributed by atoms with Gasteiger partial charge in [-0.3, -0.25) is 4.98 Å². The number of alkyl carbamates (subject to hydrolysis) is 1. The summed E-state index contributed by atoms with van der Waals surface area (Å²) >= 11 is 3.41. The van der Waals surface area contributed by atoms with E-state index in [0.717, 1.165) is 29.4 Å². The summed E-state index contributed by atoms with van der Waals surface area (Å²) in [6.45, 7) is 6.38. The van der Waals surface area contributed by atoms with Gasteiger partial charge in [0.05, 0.1) is 0 Å². The topological polar surface area (TPSA) is 63.2 Å². The first-order chi connectivity index (χ1) is 9.82. The fraction of sp³-hybridized carbons (Fsp3) is 0.600. The van der Waals surface area contributed by atoms with Crippen molar-refractivity contribution in [2.75, 3.05) is 0 Å². The summed E-state index contributed by atoms with van der Waals surface area (Å²) in [4.78, 5) is 15.8. The molecule has 0 aromatic carbocycles. The molecule has 0 radical (unpaired) electrons. The molecule has 1 amide bonds. The van der Waals surface area contributed by atoms with Crippen LogP contribution in [0.25, 0.3) is 0 Å². The molecule has 1 saturated carbocycles. The molecule has 0 spiro atoms. The third kappa shape index (κ3) is 5.63. The number of hydrogen-bond donors (Lipinski definition) is 2. The van der Waals surface area contributed by atoms with Crippen molar-refractivity contribution in [3.8, 4) is 0 Å². The Morgan fingerprint density at radius 3 is 2.71 bits per heavy atom. The molecule has 5 nitrogen and oxygen atoms in total. The summed E-state index contributed by atoms with van der Waals surface area (Å²) in [5, 5.41) is 6.35. The molecule has 0 unspecified atom stereocenters. The molecule has 0 aliphatic heterocycles. The minimum Gasteiger partial charge on any atom is -0.444 e. The van der Waals surface area contributed by atoms with Gasteiger partial charge in [0, 0.05) is 35.5 Å². The molecule has 1 aliphatic rings. The standard InChI is InChI=1S/C15H22BrN3O2/c1-15(2,3)21-14(20)19-13-5-12(6-13)18-8-10-4-11(16)9-17-7-10/h4,7,9,12-13,18H,5-6,8H2,1-3H3,(H,19,20). The highest BCUT2D eigenvalue weighted by atomic mass is 79.9. The Kier molecular flexibility index (Phi) is 5.22. The Morgan fingerprint density at radius 1 is 1.38 bits per heavy atom. The molecule has 2 N–H and O–H groups in total. The Balaban J connectivity index is 1.64. The van der Waals surface area contributed by atoms with E-state index in [0.29, 0.717) is 6.04 Å². The van der Waals surface area contributed by atoms with Crippen molar-refractivity contribution in [1.29, 1.82) is 0 Å². The number of nitrogens with zero attached hydrogens (tertiary/aromatic N) is 1. The largest absolute Gasteiger partial charge is 0.444 e. The fourth-order valence-corrected chi connectivity index (χ4v) is 2.60. The molecule has 2 rings (SSSR count). The SMILES string of the molecule is CC(C)(C)OC(=O)NC1CC(NCc2cncc(Br)c2)C1. The maximum absolute atomic E-state index is 11.6. The third-order valence-corrected chi connectivity index (χ3v) is 3.65. The van der Waals surface area contributed by atoms with Gasteiger partial charge in [0.1, 0.15) is 5.60 Å². The van der Waals surface area contributed by atoms with Crippen LogP contribution in [-0.2, 0) is 11.3 Å². The number of aromatic nitrogens is 1. The van der Waals surface area contributed by atoms with Crippen molar-refractivity contribution in [3.05, 3.63) is 28.5 Å². The second-order valence-corrected chi connectivity index (χ2v) is 7.32. The summed E-state index contributed by atoms with van der Waals surface area (Å²) in [6.07, 6.45) is 5.16. The van der Waals surface area contributed by atoms with Gasteiger partial charge < -0.3 is 15.4 Å². The average molecular weight is 356 g/mol. The molecule has 1 aliphatic carbocycles. The first-order valence-electron chi connectivity index (χ1n) is 7.14. The van der Waals surface area contributed by atoms with E-state index >= 15 is 0 Å². The third-order valence-electron chi connectivity index (χ3n) is 3.22. The second-order valence-electron chi connectivity index (χ2n) is 6.40. The van der Waals surface area contributed by atoms with E-state index in [2.05, 4.69) is 37.6 Å². The van der Waals surface area contributed by atoms with Gasteiger partial charge in [-0.05, 0) is 61.2 Å². The molecule has 1 aromatic rings. The van der Waals surface area contributed by atoms with Crippen molar-refractivity contribution in [1.82, 2.24) is 15.6 Å². The van der Waals surface area contributed by atoms with E-state index < -0.39 is 5.60 Å². The van der Waals surface area contributed by atoms with Crippen LogP contribution in [0.2, 0.25) is 0 Å². The second kappa shape index (κ2) is 6.75. The van der Waals surface area contributed by atoms with Crippen molar-refractivity contribution in [2.24, 2.45) is 0 Å². The molecule has 1 fully saturated rings. The normalized spacial score (nSPS) is 21.5. The fourth-order valence-electron chi connectivity index (χ4n) is 2.19. The van der Waals surface area contributed by atoms with Gasteiger partial charge in [-0.15, -0.1) is 0 Å². The first-order valence-corrected chi connectivity index (χ1v) is 7.93. The number of nitrogens with one attached hydrogen (secondary N) is 2. The minimum absolute atomic E-state index is 0.206. The van der Waals surface area contributed by atoms with E-state index in [4.69, 9.17) is 4.74 Å². The van der Waals surface area contributed by atoms with Crippen LogP contribution in [0.3, 0.4) is 0 Å². The number of hydrogen-bond acceptors (Lipinski definition) is 4. The van der Waals surface area contributed by atoms with Crippen LogP contribution in [0.4, 0.5) is 4.79 Å². The van der Waals surface area contributed by atoms with Crippen LogP contribution in [0.15, 0.2) is 22.9 Å². The first kappa shape index (κ1) is 16.2.